The highest BCUT2D eigenvalue weighted by molar-refractivity contribution is 9.10. The number of hydrogen-bond donors (Lipinski definition) is 1. The number of β-amino-alcohol motifs (C(OH)–C–C–N with tert-alkyl or cyclic N) is 1. The third kappa shape index (κ3) is 1.77. The maximum Gasteiger partial charge on any atom is 0.0788 e. The fraction of sp³-hybridized carbons (Fsp3) is 0.400. The van der Waals surface area contributed by atoms with Gasteiger partial charge >= 0.3 is 0 Å². The molecule has 1 N–H and O–H groups in total. The Morgan fingerprint density at radius 2 is 2.16 bits per heavy atom. The quantitative estimate of drug-likeness (QED) is 0.878. The first-order chi connectivity index (χ1) is 9.18. The lowest BCUT2D eigenvalue weighted by atomic mass is 10.0. The van der Waals surface area contributed by atoms with E-state index in [9.17, 15) is 5.11 Å². The minimum absolute atomic E-state index is 0.178. The number of aliphatic hydroxyl groups is 1. The molecule has 1 saturated carbocycles. The van der Waals surface area contributed by atoms with Gasteiger partial charge in [0.05, 0.1) is 11.6 Å². The summed E-state index contributed by atoms with van der Waals surface area (Å²) in [6.45, 7) is 1.71. The van der Waals surface area contributed by atoms with Gasteiger partial charge in [-0.1, -0.05) is 15.9 Å². The molecule has 4 rings (SSSR count). The summed E-state index contributed by atoms with van der Waals surface area (Å²) in [6.07, 6.45) is 4.01. The van der Waals surface area contributed by atoms with Crippen LogP contribution in [0.5, 0.6) is 0 Å². The second-order valence-corrected chi connectivity index (χ2v) is 6.67. The largest absolute Gasteiger partial charge is 0.391 e. The number of fused-ring (bicyclic) bond motifs is 1. The molecular weight excluding hydrogens is 304 g/mol. The number of hydrogen-bond acceptors (Lipinski definition) is 3. The van der Waals surface area contributed by atoms with Crippen molar-refractivity contribution in [1.29, 1.82) is 0 Å². The molecule has 4 heteroatoms. The third-order valence-electron chi connectivity index (χ3n) is 4.52. The summed E-state index contributed by atoms with van der Waals surface area (Å²) >= 11 is 3.53. The number of pyridine rings is 1. The molecule has 2 aliphatic rings. The van der Waals surface area contributed by atoms with Crippen LogP contribution in [0.25, 0.3) is 10.9 Å². The first-order valence-electron chi connectivity index (χ1n) is 6.65. The number of benzene rings is 1. The summed E-state index contributed by atoms with van der Waals surface area (Å²) in [5, 5.41) is 11.4. The number of anilines is 1. The van der Waals surface area contributed by atoms with Crippen molar-refractivity contribution >= 4 is 32.5 Å². The van der Waals surface area contributed by atoms with Gasteiger partial charge < -0.3 is 10.0 Å². The second-order valence-electron chi connectivity index (χ2n) is 5.75. The molecule has 3 nitrogen and oxygen atoms in total. The van der Waals surface area contributed by atoms with Crippen LogP contribution in [0.1, 0.15) is 12.8 Å². The highest BCUT2D eigenvalue weighted by Gasteiger charge is 2.54. The fourth-order valence-electron chi connectivity index (χ4n) is 3.17. The number of aromatic nitrogens is 1. The van der Waals surface area contributed by atoms with Gasteiger partial charge in [0, 0.05) is 40.2 Å². The van der Waals surface area contributed by atoms with Crippen molar-refractivity contribution < 1.29 is 5.11 Å². The van der Waals surface area contributed by atoms with Crippen LogP contribution in [-0.2, 0) is 0 Å². The number of aliphatic hydroxyl groups excluding tert-OH is 1. The topological polar surface area (TPSA) is 36.4 Å². The summed E-state index contributed by atoms with van der Waals surface area (Å²) in [7, 11) is 0. The Balaban J connectivity index is 1.81. The van der Waals surface area contributed by atoms with Gasteiger partial charge in [0.15, 0.2) is 0 Å². The van der Waals surface area contributed by atoms with E-state index in [-0.39, 0.29) is 11.5 Å². The summed E-state index contributed by atoms with van der Waals surface area (Å²) in [6, 6.07) is 8.22. The molecule has 1 aromatic heterocycles. The zero-order chi connectivity index (χ0) is 13.0. The summed E-state index contributed by atoms with van der Waals surface area (Å²) < 4.78 is 1.06. The van der Waals surface area contributed by atoms with Gasteiger partial charge in [-0.05, 0) is 37.1 Å². The summed E-state index contributed by atoms with van der Waals surface area (Å²) in [5.41, 5.74) is 2.38. The number of rotatable bonds is 1. The molecular formula is C15H15BrN2O. The highest BCUT2D eigenvalue weighted by atomic mass is 79.9. The molecule has 0 bridgehead atoms. The normalized spacial score (nSPS) is 24.3. The lowest BCUT2D eigenvalue weighted by molar-refractivity contribution is 0.136. The maximum absolute atomic E-state index is 10.2. The Bertz CT molecular complexity index is 654. The van der Waals surface area contributed by atoms with E-state index >= 15 is 0 Å². The molecule has 98 valence electrons. The van der Waals surface area contributed by atoms with Crippen LogP contribution < -0.4 is 4.90 Å². The van der Waals surface area contributed by atoms with E-state index in [1.165, 1.54) is 5.69 Å². The van der Waals surface area contributed by atoms with E-state index < -0.39 is 0 Å². The lowest BCUT2D eigenvalue weighted by Crippen LogP contribution is -2.21. The van der Waals surface area contributed by atoms with E-state index in [0.29, 0.717) is 0 Å². The van der Waals surface area contributed by atoms with Gasteiger partial charge in [0.25, 0.3) is 0 Å². The van der Waals surface area contributed by atoms with E-state index in [0.717, 1.165) is 41.3 Å². The minimum Gasteiger partial charge on any atom is -0.391 e. The smallest absolute Gasteiger partial charge is 0.0788 e. The maximum atomic E-state index is 10.2. The Hall–Kier alpha value is -1.13. The highest BCUT2D eigenvalue weighted by Crippen LogP contribution is 2.53. The summed E-state index contributed by atoms with van der Waals surface area (Å²) in [5.74, 6) is 0. The standard InChI is InChI=1S/C15H15BrN2O/c16-10-1-2-12-11(7-10)13(3-6-17-12)18-8-14(19)15(9-18)4-5-15/h1-3,6-7,14,19H,4-5,8-9H2. The molecule has 2 heterocycles. The van der Waals surface area contributed by atoms with Crippen molar-refractivity contribution in [1.82, 2.24) is 4.98 Å². The predicted molar refractivity (Wildman–Crippen MR) is 79.3 cm³/mol. The van der Waals surface area contributed by atoms with Gasteiger partial charge in [-0.15, -0.1) is 0 Å². The molecule has 0 amide bonds. The van der Waals surface area contributed by atoms with Gasteiger partial charge in [-0.3, -0.25) is 4.98 Å². The Morgan fingerprint density at radius 1 is 1.32 bits per heavy atom. The van der Waals surface area contributed by atoms with Gasteiger partial charge in [-0.2, -0.15) is 0 Å². The van der Waals surface area contributed by atoms with Gasteiger partial charge in [0.2, 0.25) is 0 Å². The van der Waals surface area contributed by atoms with E-state index in [2.05, 4.69) is 37.9 Å². The monoisotopic (exact) mass is 318 g/mol. The first kappa shape index (κ1) is 11.7. The molecule has 1 aromatic carbocycles. The minimum atomic E-state index is -0.178. The molecule has 2 fully saturated rings. The first-order valence-corrected chi connectivity index (χ1v) is 7.45. The van der Waals surface area contributed by atoms with Crippen molar-refractivity contribution in [2.75, 3.05) is 18.0 Å². The molecule has 2 aromatic rings. The van der Waals surface area contributed by atoms with Crippen LogP contribution in [-0.4, -0.2) is 29.3 Å². The third-order valence-corrected chi connectivity index (χ3v) is 5.01. The van der Waals surface area contributed by atoms with Crippen LogP contribution in [0.15, 0.2) is 34.9 Å². The average molecular weight is 319 g/mol. The average Bonchev–Trinajstić information content (AvgIpc) is 3.10. The van der Waals surface area contributed by atoms with Crippen molar-refractivity contribution in [3.8, 4) is 0 Å². The van der Waals surface area contributed by atoms with Crippen molar-refractivity contribution in [3.05, 3.63) is 34.9 Å². The van der Waals surface area contributed by atoms with Crippen LogP contribution in [0.2, 0.25) is 0 Å². The molecule has 1 atom stereocenters. The molecule has 1 saturated heterocycles. The van der Waals surface area contributed by atoms with Crippen molar-refractivity contribution in [3.63, 3.8) is 0 Å². The Labute approximate surface area is 120 Å². The number of halogens is 1. The Kier molecular flexibility index (Phi) is 2.42. The van der Waals surface area contributed by atoms with Crippen molar-refractivity contribution in [2.45, 2.75) is 18.9 Å². The molecule has 0 radical (unpaired) electrons. The van der Waals surface area contributed by atoms with Crippen LogP contribution >= 0.6 is 15.9 Å². The SMILES string of the molecule is OC1CN(c2ccnc3ccc(Br)cc23)CC12CC2. The molecule has 1 unspecified atom stereocenters. The fourth-order valence-corrected chi connectivity index (χ4v) is 3.53. The number of nitrogens with zero attached hydrogens (tertiary/aromatic N) is 2. The van der Waals surface area contributed by atoms with Gasteiger partial charge in [0.1, 0.15) is 0 Å². The second kappa shape index (κ2) is 3.93. The zero-order valence-corrected chi connectivity index (χ0v) is 12.1. The predicted octanol–water partition coefficient (Wildman–Crippen LogP) is 2.96. The van der Waals surface area contributed by atoms with Crippen LogP contribution in [0, 0.1) is 5.41 Å². The zero-order valence-electron chi connectivity index (χ0n) is 10.5. The molecule has 1 aliphatic heterocycles. The Morgan fingerprint density at radius 3 is 2.89 bits per heavy atom. The van der Waals surface area contributed by atoms with Gasteiger partial charge in [-0.25, -0.2) is 0 Å². The van der Waals surface area contributed by atoms with E-state index in [1.807, 2.05) is 18.3 Å². The van der Waals surface area contributed by atoms with Crippen LogP contribution in [0.4, 0.5) is 5.69 Å². The molecule has 19 heavy (non-hydrogen) atoms. The molecule has 1 spiro atoms. The van der Waals surface area contributed by atoms with E-state index in [1.54, 1.807) is 0 Å². The van der Waals surface area contributed by atoms with Crippen molar-refractivity contribution in [2.24, 2.45) is 5.41 Å². The summed E-state index contributed by atoms with van der Waals surface area (Å²) in [4.78, 5) is 6.73. The van der Waals surface area contributed by atoms with Crippen LogP contribution in [0.3, 0.4) is 0 Å². The molecule has 1 aliphatic carbocycles. The van der Waals surface area contributed by atoms with E-state index in [4.69, 9.17) is 0 Å². The lowest BCUT2D eigenvalue weighted by Gasteiger charge is -2.20.